The highest BCUT2D eigenvalue weighted by Crippen LogP contribution is 2.25. The van der Waals surface area contributed by atoms with Gasteiger partial charge in [0.2, 0.25) is 10.0 Å². The largest absolute Gasteiger partial charge is 0.241 e. The number of nitrogens with two attached hydrogens (primary N) is 1. The van der Waals surface area contributed by atoms with Crippen molar-refractivity contribution in [3.63, 3.8) is 0 Å². The van der Waals surface area contributed by atoms with E-state index in [1.54, 1.807) is 4.68 Å². The lowest BCUT2D eigenvalue weighted by molar-refractivity contribution is 0.595. The molecule has 0 saturated carbocycles. The van der Waals surface area contributed by atoms with Gasteiger partial charge in [0.1, 0.15) is 4.90 Å². The molecule has 0 aliphatic heterocycles. The first-order valence-corrected chi connectivity index (χ1v) is 8.55. The molecular formula is C15H21N3O2S. The second-order valence-electron chi connectivity index (χ2n) is 5.18. The Hall–Kier alpha value is -1.66. The third-order valence-electron chi connectivity index (χ3n) is 3.54. The van der Waals surface area contributed by atoms with Crippen LogP contribution in [0.2, 0.25) is 0 Å². The molecule has 0 amide bonds. The summed E-state index contributed by atoms with van der Waals surface area (Å²) in [5.41, 5.74) is 4.26. The van der Waals surface area contributed by atoms with Crippen molar-refractivity contribution in [1.82, 2.24) is 9.78 Å². The summed E-state index contributed by atoms with van der Waals surface area (Å²) in [7, 11) is -3.78. The van der Waals surface area contributed by atoms with E-state index >= 15 is 0 Å². The van der Waals surface area contributed by atoms with Crippen molar-refractivity contribution in [2.75, 3.05) is 0 Å². The van der Waals surface area contributed by atoms with Gasteiger partial charge in [0.15, 0.2) is 0 Å². The van der Waals surface area contributed by atoms with Gasteiger partial charge in [-0.1, -0.05) is 31.5 Å². The molecule has 6 heteroatoms. The molecule has 0 spiro atoms. The van der Waals surface area contributed by atoms with Crippen LogP contribution in [-0.4, -0.2) is 18.2 Å². The Labute approximate surface area is 125 Å². The summed E-state index contributed by atoms with van der Waals surface area (Å²) in [6.07, 6.45) is 1.07. The van der Waals surface area contributed by atoms with E-state index in [2.05, 4.69) is 11.2 Å². The summed E-state index contributed by atoms with van der Waals surface area (Å²) in [5.74, 6) is 0. The highest BCUT2D eigenvalue weighted by atomic mass is 32.2. The first kappa shape index (κ1) is 15.7. The zero-order chi connectivity index (χ0) is 15.8. The SMILES string of the molecule is CCc1nn(-c2ccc(C)cc2C)c(CC)c1S(N)(=O)=O. The van der Waals surface area contributed by atoms with Crippen LogP contribution in [0.15, 0.2) is 23.1 Å². The number of aryl methyl sites for hydroxylation is 3. The fourth-order valence-electron chi connectivity index (χ4n) is 2.60. The van der Waals surface area contributed by atoms with Gasteiger partial charge in [-0.2, -0.15) is 5.10 Å². The molecule has 1 aromatic carbocycles. The molecule has 1 aromatic heterocycles. The highest BCUT2D eigenvalue weighted by Gasteiger charge is 2.25. The molecule has 0 aliphatic rings. The van der Waals surface area contributed by atoms with Crippen LogP contribution in [0.4, 0.5) is 0 Å². The van der Waals surface area contributed by atoms with E-state index in [0.717, 1.165) is 16.8 Å². The van der Waals surface area contributed by atoms with Crippen molar-refractivity contribution in [3.8, 4) is 5.69 Å². The zero-order valence-corrected chi connectivity index (χ0v) is 13.7. The average molecular weight is 307 g/mol. The Morgan fingerprint density at radius 1 is 1.19 bits per heavy atom. The molecule has 0 fully saturated rings. The predicted molar refractivity (Wildman–Crippen MR) is 83.2 cm³/mol. The Bertz CT molecular complexity index is 776. The number of nitrogens with zero attached hydrogens (tertiary/aromatic N) is 2. The third kappa shape index (κ3) is 2.87. The second-order valence-corrected chi connectivity index (χ2v) is 6.67. The van der Waals surface area contributed by atoms with Gasteiger partial charge in [-0.25, -0.2) is 18.2 Å². The first-order chi connectivity index (χ1) is 9.79. The Morgan fingerprint density at radius 3 is 2.33 bits per heavy atom. The molecule has 21 heavy (non-hydrogen) atoms. The maximum Gasteiger partial charge on any atom is 0.241 e. The second kappa shape index (κ2) is 5.61. The molecular weight excluding hydrogens is 286 g/mol. The number of hydrogen-bond donors (Lipinski definition) is 1. The number of hydrogen-bond acceptors (Lipinski definition) is 3. The molecule has 0 atom stereocenters. The number of primary sulfonamides is 1. The third-order valence-corrected chi connectivity index (χ3v) is 4.58. The van der Waals surface area contributed by atoms with Crippen molar-refractivity contribution >= 4 is 10.0 Å². The van der Waals surface area contributed by atoms with E-state index in [-0.39, 0.29) is 4.90 Å². The van der Waals surface area contributed by atoms with E-state index in [1.807, 2.05) is 39.8 Å². The predicted octanol–water partition coefficient (Wildman–Crippen LogP) is 2.26. The zero-order valence-electron chi connectivity index (χ0n) is 12.8. The summed E-state index contributed by atoms with van der Waals surface area (Å²) in [4.78, 5) is 0.174. The number of benzene rings is 1. The van der Waals surface area contributed by atoms with Crippen LogP contribution in [0.3, 0.4) is 0 Å². The average Bonchev–Trinajstić information content (AvgIpc) is 2.77. The van der Waals surface area contributed by atoms with Gasteiger partial charge in [0.05, 0.1) is 17.1 Å². The van der Waals surface area contributed by atoms with Gasteiger partial charge in [-0.05, 0) is 38.3 Å². The minimum Gasteiger partial charge on any atom is -0.236 e. The van der Waals surface area contributed by atoms with Gasteiger partial charge in [-0.15, -0.1) is 0 Å². The fraction of sp³-hybridized carbons (Fsp3) is 0.400. The van der Waals surface area contributed by atoms with Gasteiger partial charge in [-0.3, -0.25) is 0 Å². The Kier molecular flexibility index (Phi) is 4.20. The van der Waals surface area contributed by atoms with Gasteiger partial charge in [0, 0.05) is 0 Å². The molecule has 2 N–H and O–H groups in total. The van der Waals surface area contributed by atoms with Crippen LogP contribution >= 0.6 is 0 Å². The minimum atomic E-state index is -3.78. The van der Waals surface area contributed by atoms with Crippen LogP contribution in [-0.2, 0) is 22.9 Å². The summed E-state index contributed by atoms with van der Waals surface area (Å²) in [6.45, 7) is 7.80. The first-order valence-electron chi connectivity index (χ1n) is 7.00. The number of aromatic nitrogens is 2. The van der Waals surface area contributed by atoms with Crippen LogP contribution in [0, 0.1) is 13.8 Å². The van der Waals surface area contributed by atoms with Crippen molar-refractivity contribution in [2.24, 2.45) is 5.14 Å². The molecule has 5 nitrogen and oxygen atoms in total. The lowest BCUT2D eigenvalue weighted by Gasteiger charge is -2.10. The fourth-order valence-corrected chi connectivity index (χ4v) is 3.67. The van der Waals surface area contributed by atoms with Gasteiger partial charge >= 0.3 is 0 Å². The molecule has 0 saturated heterocycles. The maximum absolute atomic E-state index is 11.9. The van der Waals surface area contributed by atoms with E-state index in [0.29, 0.717) is 24.2 Å². The molecule has 114 valence electrons. The Balaban J connectivity index is 2.79. The molecule has 0 unspecified atom stereocenters. The summed E-state index contributed by atoms with van der Waals surface area (Å²) in [5, 5.41) is 9.87. The van der Waals surface area contributed by atoms with Gasteiger partial charge < -0.3 is 0 Å². The molecule has 0 aliphatic carbocycles. The number of rotatable bonds is 4. The van der Waals surface area contributed by atoms with Crippen LogP contribution in [0.25, 0.3) is 5.69 Å². The number of sulfonamides is 1. The van der Waals surface area contributed by atoms with Crippen molar-refractivity contribution in [3.05, 3.63) is 40.7 Å². The molecule has 2 rings (SSSR count). The molecule has 2 aromatic rings. The summed E-state index contributed by atoms with van der Waals surface area (Å²) < 4.78 is 25.5. The summed E-state index contributed by atoms with van der Waals surface area (Å²) >= 11 is 0. The van der Waals surface area contributed by atoms with Crippen molar-refractivity contribution < 1.29 is 8.42 Å². The van der Waals surface area contributed by atoms with Crippen molar-refractivity contribution in [1.29, 1.82) is 0 Å². The van der Waals surface area contributed by atoms with E-state index in [9.17, 15) is 8.42 Å². The highest BCUT2D eigenvalue weighted by molar-refractivity contribution is 7.89. The summed E-state index contributed by atoms with van der Waals surface area (Å²) in [6, 6.07) is 6.01. The van der Waals surface area contributed by atoms with Crippen LogP contribution in [0.5, 0.6) is 0 Å². The smallest absolute Gasteiger partial charge is 0.236 e. The van der Waals surface area contributed by atoms with E-state index < -0.39 is 10.0 Å². The van der Waals surface area contributed by atoms with E-state index in [4.69, 9.17) is 5.14 Å². The lowest BCUT2D eigenvalue weighted by Crippen LogP contribution is -2.16. The van der Waals surface area contributed by atoms with Crippen LogP contribution in [0.1, 0.15) is 36.4 Å². The maximum atomic E-state index is 11.9. The molecule has 1 heterocycles. The van der Waals surface area contributed by atoms with Crippen LogP contribution < -0.4 is 5.14 Å². The quantitative estimate of drug-likeness (QED) is 0.941. The minimum absolute atomic E-state index is 0.174. The normalized spacial score (nSPS) is 11.9. The molecule has 0 bridgehead atoms. The monoisotopic (exact) mass is 307 g/mol. The standard InChI is InChI=1S/C15H21N3O2S/c1-5-12-15(21(16,19)20)13(6-2)18(17-12)14-8-7-10(3)9-11(14)4/h7-9H,5-6H2,1-4H3,(H2,16,19,20). The van der Waals surface area contributed by atoms with Gasteiger partial charge in [0.25, 0.3) is 0 Å². The Morgan fingerprint density at radius 2 is 1.86 bits per heavy atom. The topological polar surface area (TPSA) is 78.0 Å². The van der Waals surface area contributed by atoms with Crippen molar-refractivity contribution in [2.45, 2.75) is 45.4 Å². The van der Waals surface area contributed by atoms with E-state index in [1.165, 1.54) is 0 Å². The lowest BCUT2D eigenvalue weighted by atomic mass is 10.1. The molecule has 0 radical (unpaired) electrons.